The van der Waals surface area contributed by atoms with E-state index in [0.29, 0.717) is 16.8 Å². The van der Waals surface area contributed by atoms with Gasteiger partial charge in [-0.15, -0.1) is 11.3 Å². The number of amides is 1. The monoisotopic (exact) mass is 277 g/mol. The van der Waals surface area contributed by atoms with Crippen LogP contribution in [-0.4, -0.2) is 17.0 Å². The highest BCUT2D eigenvalue weighted by atomic mass is 32.1. The zero-order valence-electron chi connectivity index (χ0n) is 10.3. The number of carboxylic acid groups (broad SMARTS) is 1. The first kappa shape index (κ1) is 12.4. The Labute approximate surface area is 115 Å². The van der Waals surface area contributed by atoms with Crippen molar-refractivity contribution in [2.75, 3.05) is 5.32 Å². The molecule has 0 aliphatic heterocycles. The molecule has 1 aromatic rings. The third-order valence-electron chi connectivity index (χ3n) is 4.00. The molecule has 0 saturated heterocycles. The molecule has 0 spiro atoms. The molecule has 2 N–H and O–H groups in total. The molecular formula is C14H15NO3S. The summed E-state index contributed by atoms with van der Waals surface area (Å²) in [7, 11) is 0. The highest BCUT2D eigenvalue weighted by molar-refractivity contribution is 7.14. The van der Waals surface area contributed by atoms with Gasteiger partial charge in [0.05, 0.1) is 10.6 Å². The van der Waals surface area contributed by atoms with Crippen molar-refractivity contribution in [3.8, 4) is 0 Å². The molecule has 3 aliphatic carbocycles. The van der Waals surface area contributed by atoms with Crippen molar-refractivity contribution >= 4 is 28.2 Å². The summed E-state index contributed by atoms with van der Waals surface area (Å²) in [5.74, 6) is -0.00375. The number of rotatable bonds is 3. The summed E-state index contributed by atoms with van der Waals surface area (Å²) >= 11 is 1.26. The van der Waals surface area contributed by atoms with Crippen LogP contribution in [0.4, 0.5) is 5.00 Å². The van der Waals surface area contributed by atoms with Gasteiger partial charge in [-0.1, -0.05) is 12.2 Å². The van der Waals surface area contributed by atoms with Crippen molar-refractivity contribution in [3.63, 3.8) is 0 Å². The number of carboxylic acids is 1. The molecule has 1 heterocycles. The minimum Gasteiger partial charge on any atom is -0.478 e. The van der Waals surface area contributed by atoms with Crippen LogP contribution in [0.25, 0.3) is 0 Å². The van der Waals surface area contributed by atoms with Gasteiger partial charge in [0, 0.05) is 11.3 Å². The van der Waals surface area contributed by atoms with E-state index in [1.165, 1.54) is 23.8 Å². The molecule has 3 aliphatic rings. The second-order valence-electron chi connectivity index (χ2n) is 5.22. The number of thiophene rings is 1. The van der Waals surface area contributed by atoms with E-state index in [1.54, 1.807) is 5.38 Å². The fourth-order valence-electron chi connectivity index (χ4n) is 2.96. The number of carbonyl (C=O) groups excluding carboxylic acids is 1. The average molecular weight is 277 g/mol. The molecule has 0 radical (unpaired) electrons. The first-order valence-electron chi connectivity index (χ1n) is 6.44. The Balaban J connectivity index is 1.68. The van der Waals surface area contributed by atoms with Crippen LogP contribution in [-0.2, 0) is 4.79 Å². The van der Waals surface area contributed by atoms with E-state index in [-0.39, 0.29) is 17.4 Å². The molecule has 5 heteroatoms. The first-order valence-corrected chi connectivity index (χ1v) is 7.32. The summed E-state index contributed by atoms with van der Waals surface area (Å²) in [4.78, 5) is 23.0. The molecule has 1 fully saturated rings. The SMILES string of the molecule is O=C(O)c1csc(NC(=O)[C@@H]2C[C@@H]3C=C[C@H]2CC3)c1. The topological polar surface area (TPSA) is 66.4 Å². The summed E-state index contributed by atoms with van der Waals surface area (Å²) in [5, 5.41) is 13.9. The van der Waals surface area contributed by atoms with E-state index in [2.05, 4.69) is 17.5 Å². The Kier molecular flexibility index (Phi) is 3.14. The second-order valence-corrected chi connectivity index (χ2v) is 6.13. The fourth-order valence-corrected chi connectivity index (χ4v) is 3.74. The Hall–Kier alpha value is -1.62. The Morgan fingerprint density at radius 3 is 2.68 bits per heavy atom. The van der Waals surface area contributed by atoms with Crippen LogP contribution in [0.5, 0.6) is 0 Å². The number of hydrogen-bond acceptors (Lipinski definition) is 3. The first-order chi connectivity index (χ1) is 9.13. The summed E-state index contributed by atoms with van der Waals surface area (Å²) < 4.78 is 0. The highest BCUT2D eigenvalue weighted by Crippen LogP contribution is 2.41. The Morgan fingerprint density at radius 2 is 2.16 bits per heavy atom. The fraction of sp³-hybridized carbons (Fsp3) is 0.429. The van der Waals surface area contributed by atoms with Crippen molar-refractivity contribution in [2.24, 2.45) is 17.8 Å². The predicted octanol–water partition coefficient (Wildman–Crippen LogP) is 2.99. The maximum atomic E-state index is 12.3. The van der Waals surface area contributed by atoms with Crippen molar-refractivity contribution in [1.82, 2.24) is 0 Å². The van der Waals surface area contributed by atoms with Crippen molar-refractivity contribution in [1.29, 1.82) is 0 Å². The normalized spacial score (nSPS) is 28.3. The number of hydrogen-bond donors (Lipinski definition) is 2. The smallest absolute Gasteiger partial charge is 0.336 e. The predicted molar refractivity (Wildman–Crippen MR) is 73.4 cm³/mol. The standard InChI is InChI=1S/C14H15NO3S/c16-13(11-5-8-1-3-9(11)4-2-8)15-12-6-10(7-19-12)14(17)18/h1,3,6-9,11H,2,4-5H2,(H,15,16)(H,17,18)/t8-,9+,11-/m1/s1. The summed E-state index contributed by atoms with van der Waals surface area (Å²) in [6.07, 6.45) is 7.59. The lowest BCUT2D eigenvalue weighted by molar-refractivity contribution is -0.122. The lowest BCUT2D eigenvalue weighted by Crippen LogP contribution is -2.36. The van der Waals surface area contributed by atoms with Gasteiger partial charge < -0.3 is 10.4 Å². The lowest BCUT2D eigenvalue weighted by Gasteiger charge is -2.36. The molecule has 4 nitrogen and oxygen atoms in total. The summed E-state index contributed by atoms with van der Waals surface area (Å²) in [6, 6.07) is 1.52. The van der Waals surface area contributed by atoms with E-state index in [9.17, 15) is 9.59 Å². The van der Waals surface area contributed by atoms with Crippen molar-refractivity contribution in [2.45, 2.75) is 19.3 Å². The van der Waals surface area contributed by atoms with E-state index in [4.69, 9.17) is 5.11 Å². The van der Waals surface area contributed by atoms with Crippen LogP contribution < -0.4 is 5.32 Å². The van der Waals surface area contributed by atoms with Crippen LogP contribution in [0, 0.1) is 17.8 Å². The van der Waals surface area contributed by atoms with Crippen LogP contribution in [0.15, 0.2) is 23.6 Å². The number of nitrogens with one attached hydrogen (secondary N) is 1. The third kappa shape index (κ3) is 2.42. The lowest BCUT2D eigenvalue weighted by atomic mass is 9.69. The van der Waals surface area contributed by atoms with Crippen LogP contribution in [0.2, 0.25) is 0 Å². The van der Waals surface area contributed by atoms with Gasteiger partial charge in [0.25, 0.3) is 0 Å². The van der Waals surface area contributed by atoms with Crippen LogP contribution in [0.1, 0.15) is 29.6 Å². The largest absolute Gasteiger partial charge is 0.478 e. The minimum absolute atomic E-state index is 0.0258. The van der Waals surface area contributed by atoms with Gasteiger partial charge in [0.15, 0.2) is 0 Å². The summed E-state index contributed by atoms with van der Waals surface area (Å²) in [6.45, 7) is 0. The van der Waals surface area contributed by atoms with Gasteiger partial charge >= 0.3 is 5.97 Å². The quantitative estimate of drug-likeness (QED) is 0.835. The molecular weight excluding hydrogens is 262 g/mol. The number of aromatic carboxylic acids is 1. The average Bonchev–Trinajstić information content (AvgIpc) is 2.88. The molecule has 1 aromatic heterocycles. The van der Waals surface area contributed by atoms with E-state index in [0.717, 1.165) is 12.8 Å². The maximum Gasteiger partial charge on any atom is 0.336 e. The molecule has 1 amide bonds. The minimum atomic E-state index is -0.962. The van der Waals surface area contributed by atoms with Crippen LogP contribution >= 0.6 is 11.3 Å². The number of carbonyl (C=O) groups is 2. The van der Waals surface area contributed by atoms with Crippen LogP contribution in [0.3, 0.4) is 0 Å². The molecule has 4 rings (SSSR count). The van der Waals surface area contributed by atoms with Gasteiger partial charge in [-0.3, -0.25) is 4.79 Å². The molecule has 0 unspecified atom stereocenters. The zero-order chi connectivity index (χ0) is 13.4. The van der Waals surface area contributed by atoms with Crippen molar-refractivity contribution < 1.29 is 14.7 Å². The van der Waals surface area contributed by atoms with Gasteiger partial charge in [0.2, 0.25) is 5.91 Å². The number of allylic oxidation sites excluding steroid dienone is 2. The van der Waals surface area contributed by atoms with E-state index in [1.807, 2.05) is 0 Å². The molecule has 3 atom stereocenters. The van der Waals surface area contributed by atoms with Gasteiger partial charge in [-0.25, -0.2) is 4.79 Å². The molecule has 100 valence electrons. The molecule has 19 heavy (non-hydrogen) atoms. The van der Waals surface area contributed by atoms with Gasteiger partial charge in [0.1, 0.15) is 0 Å². The second kappa shape index (κ2) is 4.81. The van der Waals surface area contributed by atoms with Crippen molar-refractivity contribution in [3.05, 3.63) is 29.2 Å². The molecule has 0 aromatic carbocycles. The summed E-state index contributed by atoms with van der Waals surface area (Å²) in [5.41, 5.74) is 0.227. The Bertz CT molecular complexity index is 549. The third-order valence-corrected chi connectivity index (χ3v) is 4.85. The molecule has 2 bridgehead atoms. The van der Waals surface area contributed by atoms with E-state index >= 15 is 0 Å². The van der Waals surface area contributed by atoms with E-state index < -0.39 is 5.97 Å². The maximum absolute atomic E-state index is 12.3. The van der Waals surface area contributed by atoms with Gasteiger partial charge in [-0.05, 0) is 37.2 Å². The zero-order valence-corrected chi connectivity index (χ0v) is 11.2. The molecule has 1 saturated carbocycles. The highest BCUT2D eigenvalue weighted by Gasteiger charge is 2.36. The Morgan fingerprint density at radius 1 is 1.32 bits per heavy atom. The van der Waals surface area contributed by atoms with Gasteiger partial charge in [-0.2, -0.15) is 0 Å². The number of fused-ring (bicyclic) bond motifs is 2. The number of anilines is 1.